The Morgan fingerprint density at radius 1 is 1.00 bits per heavy atom. The average molecular weight is 207 g/mol. The lowest BCUT2D eigenvalue weighted by molar-refractivity contribution is 0.609. The first-order valence-corrected chi connectivity index (χ1v) is 6.56. The molecule has 0 aromatic carbocycles. The van der Waals surface area contributed by atoms with Crippen LogP contribution in [0.2, 0.25) is 0 Å². The maximum atomic E-state index is 5.62. The molecule has 0 aliphatic heterocycles. The van der Waals surface area contributed by atoms with Crippen molar-refractivity contribution in [1.82, 2.24) is 0 Å². The van der Waals surface area contributed by atoms with Gasteiger partial charge in [-0.15, -0.1) is 0 Å². The fraction of sp³-hybridized carbons (Fsp3) is 0.733. The second kappa shape index (κ2) is 11.6. The first-order valence-electron chi connectivity index (χ1n) is 6.56. The van der Waals surface area contributed by atoms with Gasteiger partial charge in [0.1, 0.15) is 0 Å². The zero-order valence-corrected chi connectivity index (χ0v) is 10.5. The molecule has 0 bridgehead atoms. The van der Waals surface area contributed by atoms with Gasteiger partial charge in [-0.3, -0.25) is 0 Å². The highest BCUT2D eigenvalue weighted by molar-refractivity contribution is 4.95. The molecule has 0 nitrogen and oxygen atoms in total. The van der Waals surface area contributed by atoms with Crippen LogP contribution in [-0.4, -0.2) is 0 Å². The molecule has 0 N–H and O–H groups in total. The zero-order chi connectivity index (χ0) is 11.4. The zero-order valence-electron chi connectivity index (χ0n) is 10.5. The van der Waals surface area contributed by atoms with Crippen LogP contribution in [0.5, 0.6) is 0 Å². The molecule has 1 unspecified atom stereocenters. The summed E-state index contributed by atoms with van der Waals surface area (Å²) in [6.45, 7) is 10.1. The van der Waals surface area contributed by atoms with Crippen molar-refractivity contribution in [1.29, 1.82) is 0 Å². The van der Waals surface area contributed by atoms with Crippen molar-refractivity contribution in [2.75, 3.05) is 0 Å². The van der Waals surface area contributed by atoms with Gasteiger partial charge in [0.05, 0.1) is 0 Å². The smallest absolute Gasteiger partial charge is 0.00504 e. The molecule has 0 saturated heterocycles. The highest BCUT2D eigenvalue weighted by Gasteiger charge is 1.97. The van der Waals surface area contributed by atoms with E-state index in [0.717, 1.165) is 0 Å². The third-order valence-electron chi connectivity index (χ3n) is 2.75. The van der Waals surface area contributed by atoms with Gasteiger partial charge < -0.3 is 0 Å². The van der Waals surface area contributed by atoms with Crippen LogP contribution in [0, 0.1) is 12.5 Å². The van der Waals surface area contributed by atoms with Gasteiger partial charge in [0.15, 0.2) is 0 Å². The molecule has 0 saturated carbocycles. The molecule has 0 amide bonds. The van der Waals surface area contributed by atoms with Gasteiger partial charge in [-0.05, 0) is 25.2 Å². The van der Waals surface area contributed by atoms with E-state index >= 15 is 0 Å². The highest BCUT2D eigenvalue weighted by atomic mass is 14.0. The van der Waals surface area contributed by atoms with Gasteiger partial charge in [0.25, 0.3) is 0 Å². The summed E-state index contributed by atoms with van der Waals surface area (Å²) in [4.78, 5) is 0. The summed E-state index contributed by atoms with van der Waals surface area (Å²) in [7, 11) is 0. The normalized spacial score (nSPS) is 13.2. The van der Waals surface area contributed by atoms with Crippen LogP contribution in [0.1, 0.15) is 65.2 Å². The minimum absolute atomic E-state index is 0.498. The SMILES string of the molecule is [CH]=CC(C=CCCCCC)CCCCC. The highest BCUT2D eigenvalue weighted by Crippen LogP contribution is 2.13. The van der Waals surface area contributed by atoms with Crippen LogP contribution < -0.4 is 0 Å². The van der Waals surface area contributed by atoms with Crippen LogP contribution in [0.15, 0.2) is 18.2 Å². The molecular formula is C15H27. The molecule has 0 heteroatoms. The van der Waals surface area contributed by atoms with Crippen molar-refractivity contribution in [3.63, 3.8) is 0 Å². The first kappa shape index (κ1) is 14.5. The lowest BCUT2D eigenvalue weighted by Crippen LogP contribution is -1.91. The quantitative estimate of drug-likeness (QED) is 0.336. The second-order valence-electron chi connectivity index (χ2n) is 4.28. The predicted octanol–water partition coefficient (Wildman–Crippen LogP) is 5.31. The fourth-order valence-corrected chi connectivity index (χ4v) is 1.67. The summed E-state index contributed by atoms with van der Waals surface area (Å²) in [5.74, 6) is 0.498. The van der Waals surface area contributed by atoms with Crippen molar-refractivity contribution in [2.45, 2.75) is 65.2 Å². The van der Waals surface area contributed by atoms with E-state index in [1.807, 2.05) is 6.08 Å². The van der Waals surface area contributed by atoms with E-state index in [-0.39, 0.29) is 0 Å². The van der Waals surface area contributed by atoms with Gasteiger partial charge in [-0.25, -0.2) is 0 Å². The van der Waals surface area contributed by atoms with Crippen LogP contribution in [0.25, 0.3) is 0 Å². The molecule has 1 atom stereocenters. The third-order valence-corrected chi connectivity index (χ3v) is 2.75. The Morgan fingerprint density at radius 2 is 1.67 bits per heavy atom. The van der Waals surface area contributed by atoms with Crippen molar-refractivity contribution >= 4 is 0 Å². The molecule has 1 radical (unpaired) electrons. The Balaban J connectivity index is 3.53. The second-order valence-corrected chi connectivity index (χ2v) is 4.28. The lowest BCUT2D eigenvalue weighted by atomic mass is 10.0. The van der Waals surface area contributed by atoms with E-state index in [1.54, 1.807) is 0 Å². The largest absolute Gasteiger partial charge is 0.0879 e. The minimum atomic E-state index is 0.498. The molecule has 0 aliphatic carbocycles. The van der Waals surface area contributed by atoms with Crippen molar-refractivity contribution < 1.29 is 0 Å². The standard InChI is InChI=1S/C15H27/c1-4-7-9-10-12-14-15(6-3)13-11-8-5-2/h3,6,12,14-15H,4-5,7-11,13H2,1-2H3. The van der Waals surface area contributed by atoms with Crippen LogP contribution in [0.3, 0.4) is 0 Å². The van der Waals surface area contributed by atoms with Gasteiger partial charge in [-0.1, -0.05) is 70.8 Å². The van der Waals surface area contributed by atoms with Crippen molar-refractivity contribution in [2.24, 2.45) is 5.92 Å². The van der Waals surface area contributed by atoms with Gasteiger partial charge in [-0.2, -0.15) is 0 Å². The molecular weight excluding hydrogens is 180 g/mol. The summed E-state index contributed by atoms with van der Waals surface area (Å²) >= 11 is 0. The van der Waals surface area contributed by atoms with Gasteiger partial charge in [0.2, 0.25) is 0 Å². The number of hydrogen-bond donors (Lipinski definition) is 0. The predicted molar refractivity (Wildman–Crippen MR) is 69.8 cm³/mol. The van der Waals surface area contributed by atoms with Crippen LogP contribution in [-0.2, 0) is 0 Å². The summed E-state index contributed by atoms with van der Waals surface area (Å²) in [6.07, 6.45) is 16.7. The topological polar surface area (TPSA) is 0 Å². The summed E-state index contributed by atoms with van der Waals surface area (Å²) in [5, 5.41) is 0. The van der Waals surface area contributed by atoms with E-state index in [1.165, 1.54) is 51.4 Å². The number of allylic oxidation sites excluding steroid dienone is 3. The molecule has 15 heavy (non-hydrogen) atoms. The van der Waals surface area contributed by atoms with E-state index in [0.29, 0.717) is 5.92 Å². The Bertz CT molecular complexity index is 155. The Morgan fingerprint density at radius 3 is 2.27 bits per heavy atom. The van der Waals surface area contributed by atoms with E-state index < -0.39 is 0 Å². The monoisotopic (exact) mass is 207 g/mol. The Hall–Kier alpha value is -0.520. The number of hydrogen-bond acceptors (Lipinski definition) is 0. The third kappa shape index (κ3) is 9.78. The molecule has 0 spiro atoms. The van der Waals surface area contributed by atoms with E-state index in [4.69, 9.17) is 6.58 Å². The molecule has 0 aromatic rings. The van der Waals surface area contributed by atoms with Gasteiger partial charge in [0, 0.05) is 0 Å². The minimum Gasteiger partial charge on any atom is -0.0879 e. The first-order chi connectivity index (χ1) is 7.35. The van der Waals surface area contributed by atoms with Crippen LogP contribution >= 0.6 is 0 Å². The van der Waals surface area contributed by atoms with E-state index in [2.05, 4.69) is 26.0 Å². The maximum absolute atomic E-state index is 5.62. The molecule has 87 valence electrons. The van der Waals surface area contributed by atoms with Crippen LogP contribution in [0.4, 0.5) is 0 Å². The maximum Gasteiger partial charge on any atom is -0.00504 e. The summed E-state index contributed by atoms with van der Waals surface area (Å²) < 4.78 is 0. The summed E-state index contributed by atoms with van der Waals surface area (Å²) in [6, 6.07) is 0. The molecule has 0 aromatic heterocycles. The fourth-order valence-electron chi connectivity index (χ4n) is 1.67. The van der Waals surface area contributed by atoms with E-state index in [9.17, 15) is 0 Å². The van der Waals surface area contributed by atoms with Gasteiger partial charge >= 0.3 is 0 Å². The molecule has 0 heterocycles. The molecule has 0 aliphatic rings. The number of unbranched alkanes of at least 4 members (excludes halogenated alkanes) is 5. The Labute approximate surface area is 96.5 Å². The summed E-state index contributed by atoms with van der Waals surface area (Å²) in [5.41, 5.74) is 0. The average Bonchev–Trinajstić information content (AvgIpc) is 2.26. The lowest BCUT2D eigenvalue weighted by Gasteiger charge is -2.05. The van der Waals surface area contributed by atoms with Crippen molar-refractivity contribution in [3.8, 4) is 0 Å². The number of rotatable bonds is 10. The molecule has 0 rings (SSSR count). The van der Waals surface area contributed by atoms with Crippen molar-refractivity contribution in [3.05, 3.63) is 24.8 Å². The Kier molecular flexibility index (Phi) is 11.2. The molecule has 0 fully saturated rings.